The fourth-order valence-electron chi connectivity index (χ4n) is 1.78. The number of aromatic nitrogens is 1. The molecule has 0 aromatic carbocycles. The molecule has 2 atom stereocenters. The van der Waals surface area contributed by atoms with E-state index in [0.29, 0.717) is 5.56 Å². The summed E-state index contributed by atoms with van der Waals surface area (Å²) in [7, 11) is 1.71. The molecule has 1 aliphatic heterocycles. The first-order chi connectivity index (χ1) is 7.83. The van der Waals surface area contributed by atoms with Crippen molar-refractivity contribution >= 4 is 5.82 Å². The number of anilines is 1. The molecule has 2 rings (SSSR count). The van der Waals surface area contributed by atoms with Gasteiger partial charge in [0.2, 0.25) is 0 Å². The van der Waals surface area contributed by atoms with Crippen LogP contribution in [-0.4, -0.2) is 37.3 Å². The average molecular weight is 218 g/mol. The predicted octanol–water partition coefficient (Wildman–Crippen LogP) is 0.352. The van der Waals surface area contributed by atoms with Crippen LogP contribution in [0.3, 0.4) is 0 Å². The molecule has 0 amide bonds. The number of hydrogen-bond acceptors (Lipinski definition) is 5. The van der Waals surface area contributed by atoms with Crippen molar-refractivity contribution < 1.29 is 4.74 Å². The Kier molecular flexibility index (Phi) is 3.34. The summed E-state index contributed by atoms with van der Waals surface area (Å²) in [5, 5.41) is 15.2. The van der Waals surface area contributed by atoms with Crippen LogP contribution in [0.2, 0.25) is 0 Å². The third-order valence-electron chi connectivity index (χ3n) is 2.69. The maximum absolute atomic E-state index is 8.65. The van der Waals surface area contributed by atoms with Gasteiger partial charge in [-0.15, -0.1) is 0 Å². The Morgan fingerprint density at radius 3 is 3.06 bits per heavy atom. The van der Waals surface area contributed by atoms with E-state index < -0.39 is 0 Å². The number of hydrogen-bond donors (Lipinski definition) is 2. The molecule has 84 valence electrons. The minimum atomic E-state index is 0.164. The summed E-state index contributed by atoms with van der Waals surface area (Å²) in [6.45, 7) is 1.71. The van der Waals surface area contributed by atoms with Gasteiger partial charge in [0.1, 0.15) is 11.9 Å². The van der Waals surface area contributed by atoms with Crippen molar-refractivity contribution in [3.63, 3.8) is 0 Å². The van der Waals surface area contributed by atoms with Gasteiger partial charge in [-0.3, -0.25) is 0 Å². The quantitative estimate of drug-likeness (QED) is 0.766. The zero-order chi connectivity index (χ0) is 11.4. The zero-order valence-corrected chi connectivity index (χ0v) is 9.10. The number of nitriles is 1. The number of nitrogens with zero attached hydrogens (tertiary/aromatic N) is 2. The largest absolute Gasteiger partial charge is 0.378 e. The van der Waals surface area contributed by atoms with Gasteiger partial charge in [-0.2, -0.15) is 5.26 Å². The molecular formula is C11H14N4O. The lowest BCUT2D eigenvalue weighted by atomic mass is 10.2. The summed E-state index contributed by atoms with van der Waals surface area (Å²) < 4.78 is 5.34. The maximum atomic E-state index is 8.65. The van der Waals surface area contributed by atoms with Gasteiger partial charge >= 0.3 is 0 Å². The van der Waals surface area contributed by atoms with Gasteiger partial charge in [-0.05, 0) is 12.1 Å². The molecule has 0 saturated carbocycles. The molecule has 5 heteroatoms. The monoisotopic (exact) mass is 218 g/mol. The summed E-state index contributed by atoms with van der Waals surface area (Å²) in [4.78, 5) is 4.16. The molecule has 2 N–H and O–H groups in total. The van der Waals surface area contributed by atoms with Crippen molar-refractivity contribution in [2.45, 2.75) is 12.1 Å². The highest BCUT2D eigenvalue weighted by molar-refractivity contribution is 5.40. The average Bonchev–Trinajstić information content (AvgIpc) is 2.77. The van der Waals surface area contributed by atoms with Crippen LogP contribution in [-0.2, 0) is 4.74 Å². The van der Waals surface area contributed by atoms with Crippen molar-refractivity contribution in [3.05, 3.63) is 23.9 Å². The van der Waals surface area contributed by atoms with Gasteiger partial charge < -0.3 is 15.4 Å². The number of rotatable bonds is 3. The molecule has 0 radical (unpaired) electrons. The number of nitrogens with one attached hydrogen (secondary N) is 2. The van der Waals surface area contributed by atoms with Crippen molar-refractivity contribution in [2.75, 3.05) is 25.5 Å². The van der Waals surface area contributed by atoms with E-state index in [4.69, 9.17) is 10.00 Å². The highest BCUT2D eigenvalue weighted by atomic mass is 16.5. The maximum Gasteiger partial charge on any atom is 0.126 e. The molecule has 1 aromatic heterocycles. The molecule has 0 spiro atoms. The van der Waals surface area contributed by atoms with E-state index in [1.54, 1.807) is 19.4 Å². The Bertz CT molecular complexity index is 384. The molecular weight excluding hydrogens is 204 g/mol. The minimum absolute atomic E-state index is 0.164. The summed E-state index contributed by atoms with van der Waals surface area (Å²) >= 11 is 0. The van der Waals surface area contributed by atoms with Gasteiger partial charge in [-0.1, -0.05) is 0 Å². The summed E-state index contributed by atoms with van der Waals surface area (Å²) in [6.07, 6.45) is 1.73. The first kappa shape index (κ1) is 10.9. The van der Waals surface area contributed by atoms with E-state index in [0.717, 1.165) is 18.9 Å². The lowest BCUT2D eigenvalue weighted by molar-refractivity contribution is 0.111. The molecule has 16 heavy (non-hydrogen) atoms. The molecule has 0 bridgehead atoms. The summed E-state index contributed by atoms with van der Waals surface area (Å²) in [6, 6.07) is 5.83. The van der Waals surface area contributed by atoms with Gasteiger partial charge in [0.05, 0.1) is 17.7 Å². The molecule has 1 saturated heterocycles. The molecule has 2 heterocycles. The Balaban J connectivity index is 2.00. The fraction of sp³-hybridized carbons (Fsp3) is 0.455. The number of pyridine rings is 1. The van der Waals surface area contributed by atoms with Crippen LogP contribution >= 0.6 is 0 Å². The van der Waals surface area contributed by atoms with Crippen molar-refractivity contribution in [3.8, 4) is 6.07 Å². The Morgan fingerprint density at radius 1 is 1.56 bits per heavy atom. The first-order valence-electron chi connectivity index (χ1n) is 5.19. The molecule has 0 aliphatic carbocycles. The zero-order valence-electron chi connectivity index (χ0n) is 9.10. The topological polar surface area (TPSA) is 70.0 Å². The lowest BCUT2D eigenvalue weighted by Crippen LogP contribution is -2.33. The lowest BCUT2D eigenvalue weighted by Gasteiger charge is -2.18. The smallest absolute Gasteiger partial charge is 0.126 e. The predicted molar refractivity (Wildman–Crippen MR) is 60.0 cm³/mol. The Labute approximate surface area is 94.4 Å². The standard InChI is InChI=1S/C11H14N4O/c1-16-10-7-13-6-9(10)15-11-3-2-8(4-12)5-14-11/h2-3,5,9-10,13H,6-7H2,1H3,(H,14,15)/t9?,10-/m0/s1. The van der Waals surface area contributed by atoms with Crippen LogP contribution in [0.4, 0.5) is 5.82 Å². The highest BCUT2D eigenvalue weighted by Crippen LogP contribution is 2.11. The first-order valence-corrected chi connectivity index (χ1v) is 5.19. The van der Waals surface area contributed by atoms with Gasteiger partial charge in [0, 0.05) is 26.4 Å². The van der Waals surface area contributed by atoms with Crippen LogP contribution in [0.15, 0.2) is 18.3 Å². The third-order valence-corrected chi connectivity index (χ3v) is 2.69. The summed E-state index contributed by atoms with van der Waals surface area (Å²) in [5.41, 5.74) is 0.568. The van der Waals surface area contributed by atoms with Crippen LogP contribution < -0.4 is 10.6 Å². The molecule has 1 unspecified atom stereocenters. The second-order valence-corrected chi connectivity index (χ2v) is 3.73. The molecule has 5 nitrogen and oxygen atoms in total. The second kappa shape index (κ2) is 4.92. The van der Waals surface area contributed by atoms with E-state index in [1.165, 1.54) is 0 Å². The van der Waals surface area contributed by atoms with Crippen LogP contribution in [0.1, 0.15) is 5.56 Å². The van der Waals surface area contributed by atoms with Crippen molar-refractivity contribution in [1.82, 2.24) is 10.3 Å². The van der Waals surface area contributed by atoms with E-state index in [9.17, 15) is 0 Å². The molecule has 1 fully saturated rings. The fourth-order valence-corrected chi connectivity index (χ4v) is 1.78. The van der Waals surface area contributed by atoms with E-state index >= 15 is 0 Å². The van der Waals surface area contributed by atoms with Crippen LogP contribution in [0, 0.1) is 11.3 Å². The number of ether oxygens (including phenoxy) is 1. The second-order valence-electron chi connectivity index (χ2n) is 3.73. The van der Waals surface area contributed by atoms with Crippen LogP contribution in [0.5, 0.6) is 0 Å². The van der Waals surface area contributed by atoms with Gasteiger partial charge in [0.15, 0.2) is 0 Å². The third kappa shape index (κ3) is 2.30. The van der Waals surface area contributed by atoms with E-state index in [1.807, 2.05) is 12.1 Å². The van der Waals surface area contributed by atoms with Crippen molar-refractivity contribution in [2.24, 2.45) is 0 Å². The van der Waals surface area contributed by atoms with E-state index in [2.05, 4.69) is 15.6 Å². The Morgan fingerprint density at radius 2 is 2.44 bits per heavy atom. The molecule has 1 aliphatic rings. The highest BCUT2D eigenvalue weighted by Gasteiger charge is 2.26. The van der Waals surface area contributed by atoms with Crippen LogP contribution in [0.25, 0.3) is 0 Å². The van der Waals surface area contributed by atoms with E-state index in [-0.39, 0.29) is 12.1 Å². The Hall–Kier alpha value is -1.64. The van der Waals surface area contributed by atoms with Crippen molar-refractivity contribution in [1.29, 1.82) is 5.26 Å². The summed E-state index contributed by atoms with van der Waals surface area (Å²) in [5.74, 6) is 0.773. The SMILES string of the molecule is CO[C@H]1CNCC1Nc1ccc(C#N)cn1. The van der Waals surface area contributed by atoms with Gasteiger partial charge in [-0.25, -0.2) is 4.98 Å². The minimum Gasteiger partial charge on any atom is -0.378 e. The number of methoxy groups -OCH3 is 1. The van der Waals surface area contributed by atoms with Gasteiger partial charge in [0.25, 0.3) is 0 Å². The normalized spacial score (nSPS) is 24.0. The molecule has 1 aromatic rings.